The normalized spacial score (nSPS) is 14.1. The van der Waals surface area contributed by atoms with Gasteiger partial charge in [0, 0.05) is 25.1 Å². The van der Waals surface area contributed by atoms with Crippen LogP contribution in [0.4, 0.5) is 0 Å². The molecule has 152 valence electrons. The van der Waals surface area contributed by atoms with E-state index in [1.165, 1.54) is 28.6 Å². The summed E-state index contributed by atoms with van der Waals surface area (Å²) in [6, 6.07) is 7.85. The first kappa shape index (κ1) is 21.9. The number of hydrogen-bond donors (Lipinski definition) is 1. The van der Waals surface area contributed by atoms with E-state index in [-0.39, 0.29) is 10.8 Å². The summed E-state index contributed by atoms with van der Waals surface area (Å²) in [5.74, 6) is -0.267. The Morgan fingerprint density at radius 2 is 1.79 bits per heavy atom. The maximum Gasteiger partial charge on any atom is 0.257 e. The fourth-order valence-corrected chi connectivity index (χ4v) is 4.31. The average Bonchev–Trinajstić information content (AvgIpc) is 3.15. The molecule has 0 atom stereocenters. The average molecular weight is 406 g/mol. The number of nitrogens with one attached hydrogen (secondary N) is 1. The number of hydrogen-bond acceptors (Lipinski definition) is 5. The Morgan fingerprint density at radius 3 is 2.32 bits per heavy atom. The number of benzene rings is 1. The maximum atomic E-state index is 12.9. The lowest BCUT2D eigenvalue weighted by molar-refractivity contribution is 0.0930. The Labute approximate surface area is 167 Å². The summed E-state index contributed by atoms with van der Waals surface area (Å²) in [5.41, 5.74) is 0.697. The van der Waals surface area contributed by atoms with Crippen LogP contribution in [-0.4, -0.2) is 38.3 Å². The van der Waals surface area contributed by atoms with Crippen LogP contribution >= 0.6 is 0 Å². The zero-order valence-corrected chi connectivity index (χ0v) is 17.2. The molecule has 0 saturated carbocycles. The van der Waals surface area contributed by atoms with E-state index in [1.54, 1.807) is 0 Å². The zero-order chi connectivity index (χ0) is 20.6. The standard InChI is InChI=1S/C20H27N3O4S/c1-3-5-12-23(13-6-4-2)28(25,26)18-9-7-16(8-10-18)19(24)22-20-17(15-21)11-14-27-20/h7-10H,3-6,11-14H2,1-2H3,(H,22,24). The molecule has 1 aliphatic heterocycles. The molecule has 7 nitrogen and oxygen atoms in total. The maximum absolute atomic E-state index is 12.9. The molecule has 1 aliphatic rings. The summed E-state index contributed by atoms with van der Waals surface area (Å²) >= 11 is 0. The van der Waals surface area contributed by atoms with Gasteiger partial charge in [-0.25, -0.2) is 8.42 Å². The molecule has 0 unspecified atom stereocenters. The Hall–Kier alpha value is -2.37. The number of nitriles is 1. The molecule has 2 rings (SSSR count). The predicted octanol–water partition coefficient (Wildman–Crippen LogP) is 3.16. The molecular weight excluding hydrogens is 378 g/mol. The van der Waals surface area contributed by atoms with Gasteiger partial charge in [-0.1, -0.05) is 26.7 Å². The second kappa shape index (κ2) is 10.2. The van der Waals surface area contributed by atoms with Crippen LogP contribution in [0.2, 0.25) is 0 Å². The highest BCUT2D eigenvalue weighted by molar-refractivity contribution is 7.89. The van der Waals surface area contributed by atoms with Crippen molar-refractivity contribution < 1.29 is 17.9 Å². The Kier molecular flexibility index (Phi) is 8.03. The van der Waals surface area contributed by atoms with Crippen molar-refractivity contribution in [3.63, 3.8) is 0 Å². The van der Waals surface area contributed by atoms with Crippen LogP contribution < -0.4 is 5.32 Å². The molecule has 0 saturated heterocycles. The van der Waals surface area contributed by atoms with Crippen molar-refractivity contribution in [2.45, 2.75) is 50.8 Å². The van der Waals surface area contributed by atoms with Crippen molar-refractivity contribution in [2.75, 3.05) is 19.7 Å². The van der Waals surface area contributed by atoms with Crippen LogP contribution in [0, 0.1) is 11.3 Å². The predicted molar refractivity (Wildman–Crippen MR) is 106 cm³/mol. The fraction of sp³-hybridized carbons (Fsp3) is 0.500. The van der Waals surface area contributed by atoms with Crippen molar-refractivity contribution in [1.29, 1.82) is 5.26 Å². The molecule has 1 N–H and O–H groups in total. The van der Waals surface area contributed by atoms with Gasteiger partial charge in [0.25, 0.3) is 5.91 Å². The second-order valence-electron chi connectivity index (χ2n) is 6.61. The monoisotopic (exact) mass is 405 g/mol. The molecule has 28 heavy (non-hydrogen) atoms. The van der Waals surface area contributed by atoms with Crippen molar-refractivity contribution in [3.8, 4) is 6.07 Å². The second-order valence-corrected chi connectivity index (χ2v) is 8.55. The highest BCUT2D eigenvalue weighted by Crippen LogP contribution is 2.19. The van der Waals surface area contributed by atoms with Crippen LogP contribution in [0.15, 0.2) is 40.6 Å². The van der Waals surface area contributed by atoms with Crippen LogP contribution in [0.1, 0.15) is 56.3 Å². The van der Waals surface area contributed by atoms with E-state index in [0.29, 0.717) is 37.3 Å². The van der Waals surface area contributed by atoms with E-state index in [0.717, 1.165) is 25.7 Å². The van der Waals surface area contributed by atoms with E-state index < -0.39 is 15.9 Å². The molecule has 8 heteroatoms. The lowest BCUT2D eigenvalue weighted by Gasteiger charge is -2.22. The number of rotatable bonds is 10. The number of unbranched alkanes of at least 4 members (excludes halogenated alkanes) is 2. The lowest BCUT2D eigenvalue weighted by atomic mass is 10.2. The quantitative estimate of drug-likeness (QED) is 0.644. The smallest absolute Gasteiger partial charge is 0.257 e. The highest BCUT2D eigenvalue weighted by Gasteiger charge is 2.24. The van der Waals surface area contributed by atoms with Gasteiger partial charge < -0.3 is 4.74 Å². The summed E-state index contributed by atoms with van der Waals surface area (Å²) in [4.78, 5) is 12.5. The van der Waals surface area contributed by atoms with Crippen LogP contribution in [0.5, 0.6) is 0 Å². The van der Waals surface area contributed by atoms with Gasteiger partial charge in [-0.3, -0.25) is 10.1 Å². The number of ether oxygens (including phenoxy) is 1. The highest BCUT2D eigenvalue weighted by atomic mass is 32.2. The third kappa shape index (κ3) is 5.33. The van der Waals surface area contributed by atoms with Crippen molar-refractivity contribution in [1.82, 2.24) is 9.62 Å². The van der Waals surface area contributed by atoms with Crippen molar-refractivity contribution >= 4 is 15.9 Å². The van der Waals surface area contributed by atoms with Gasteiger partial charge >= 0.3 is 0 Å². The molecule has 1 amide bonds. The first-order valence-corrected chi connectivity index (χ1v) is 11.1. The SMILES string of the molecule is CCCCN(CCCC)S(=O)(=O)c1ccc(C(=O)NC2=C(C#N)CCO2)cc1. The van der Waals surface area contributed by atoms with E-state index in [9.17, 15) is 13.2 Å². The molecule has 0 aromatic heterocycles. The summed E-state index contributed by atoms with van der Waals surface area (Å²) in [5, 5.41) is 11.6. The van der Waals surface area contributed by atoms with Gasteiger partial charge in [0.1, 0.15) is 6.07 Å². The van der Waals surface area contributed by atoms with E-state index >= 15 is 0 Å². The van der Waals surface area contributed by atoms with E-state index in [1.807, 2.05) is 19.9 Å². The first-order chi connectivity index (χ1) is 13.4. The molecule has 0 bridgehead atoms. The molecule has 0 radical (unpaired) electrons. The van der Waals surface area contributed by atoms with Gasteiger partial charge in [-0.15, -0.1) is 0 Å². The van der Waals surface area contributed by atoms with E-state index in [4.69, 9.17) is 10.00 Å². The van der Waals surface area contributed by atoms with Gasteiger partial charge in [-0.2, -0.15) is 9.57 Å². The molecule has 0 spiro atoms. The molecule has 0 aliphatic carbocycles. The molecule has 1 heterocycles. The summed E-state index contributed by atoms with van der Waals surface area (Å²) in [7, 11) is -3.60. The fourth-order valence-electron chi connectivity index (χ4n) is 2.80. The van der Waals surface area contributed by atoms with Crippen molar-refractivity contribution in [3.05, 3.63) is 41.3 Å². The Morgan fingerprint density at radius 1 is 1.18 bits per heavy atom. The minimum atomic E-state index is -3.60. The number of sulfonamides is 1. The largest absolute Gasteiger partial charge is 0.478 e. The first-order valence-electron chi connectivity index (χ1n) is 9.61. The van der Waals surface area contributed by atoms with Crippen LogP contribution in [0.3, 0.4) is 0 Å². The third-order valence-electron chi connectivity index (χ3n) is 4.51. The Bertz CT molecular complexity index is 846. The summed E-state index contributed by atoms with van der Waals surface area (Å²) in [6.45, 7) is 5.40. The number of amides is 1. The third-order valence-corrected chi connectivity index (χ3v) is 6.42. The van der Waals surface area contributed by atoms with Gasteiger partial charge in [0.2, 0.25) is 15.9 Å². The minimum Gasteiger partial charge on any atom is -0.478 e. The summed E-state index contributed by atoms with van der Waals surface area (Å²) < 4.78 is 32.7. The Balaban J connectivity index is 2.15. The van der Waals surface area contributed by atoms with Crippen LogP contribution in [-0.2, 0) is 14.8 Å². The van der Waals surface area contributed by atoms with Gasteiger partial charge in [-0.05, 0) is 37.1 Å². The molecule has 1 aromatic carbocycles. The number of carbonyl (C=O) groups is 1. The van der Waals surface area contributed by atoms with Crippen molar-refractivity contribution in [2.24, 2.45) is 0 Å². The number of carbonyl (C=O) groups excluding carboxylic acids is 1. The molecule has 0 fully saturated rings. The van der Waals surface area contributed by atoms with Gasteiger partial charge in [0.05, 0.1) is 17.1 Å². The number of nitrogens with zero attached hydrogens (tertiary/aromatic N) is 2. The molecular formula is C20H27N3O4S. The topological polar surface area (TPSA) is 99.5 Å². The van der Waals surface area contributed by atoms with Gasteiger partial charge in [0.15, 0.2) is 0 Å². The van der Waals surface area contributed by atoms with E-state index in [2.05, 4.69) is 5.32 Å². The summed E-state index contributed by atoms with van der Waals surface area (Å²) in [6.07, 6.45) is 3.91. The van der Waals surface area contributed by atoms with Crippen LogP contribution in [0.25, 0.3) is 0 Å². The zero-order valence-electron chi connectivity index (χ0n) is 16.4. The molecule has 1 aromatic rings. The lowest BCUT2D eigenvalue weighted by Crippen LogP contribution is -2.33. The minimum absolute atomic E-state index is 0.172.